The molecule has 2 rings (SSSR count). The number of carbonyl (C=O) groups excluding carboxylic acids is 1. The van der Waals surface area contributed by atoms with Gasteiger partial charge in [0.2, 0.25) is 0 Å². The zero-order chi connectivity index (χ0) is 14.4. The van der Waals surface area contributed by atoms with Crippen molar-refractivity contribution in [3.63, 3.8) is 0 Å². The van der Waals surface area contributed by atoms with Gasteiger partial charge in [-0.25, -0.2) is 9.78 Å². The summed E-state index contributed by atoms with van der Waals surface area (Å²) in [6.07, 6.45) is 0.841. The van der Waals surface area contributed by atoms with Gasteiger partial charge in [-0.1, -0.05) is 30.3 Å². The molecule has 2 aromatic rings. The van der Waals surface area contributed by atoms with Crippen molar-refractivity contribution in [1.82, 2.24) is 4.98 Å². The van der Waals surface area contributed by atoms with Crippen LogP contribution in [0.3, 0.4) is 0 Å². The number of nitrogens with zero attached hydrogens (tertiary/aromatic N) is 2. The Hall–Kier alpha value is -2.39. The third-order valence-corrected chi connectivity index (χ3v) is 2.84. The molecule has 0 fully saturated rings. The number of anilines is 1. The molecular weight excluding hydrogens is 322 g/mol. The highest BCUT2D eigenvalue weighted by Crippen LogP contribution is 2.17. The Balaban J connectivity index is 1.97. The van der Waals surface area contributed by atoms with Gasteiger partial charge in [-0.05, 0) is 27.6 Å². The number of pyridine rings is 1. The summed E-state index contributed by atoms with van der Waals surface area (Å²) < 4.78 is 5.71. The minimum Gasteiger partial charge on any atom is -0.444 e. The number of nitrogens with one attached hydrogen (secondary N) is 1. The van der Waals surface area contributed by atoms with E-state index in [0.717, 1.165) is 5.56 Å². The summed E-state index contributed by atoms with van der Waals surface area (Å²) in [5.74, 6) is 0.175. The molecule has 1 aromatic heterocycles. The van der Waals surface area contributed by atoms with Crippen LogP contribution in [-0.4, -0.2) is 11.1 Å². The molecule has 0 spiro atoms. The third kappa shape index (κ3) is 3.80. The molecular formula is C14H10BrN3O2. The van der Waals surface area contributed by atoms with Crippen molar-refractivity contribution in [2.24, 2.45) is 0 Å². The van der Waals surface area contributed by atoms with Crippen LogP contribution in [0.1, 0.15) is 11.1 Å². The average Bonchev–Trinajstić information content (AvgIpc) is 2.48. The predicted octanol–water partition coefficient (Wildman–Crippen LogP) is 3.46. The number of rotatable bonds is 3. The third-order valence-electron chi connectivity index (χ3n) is 2.41. The zero-order valence-electron chi connectivity index (χ0n) is 10.3. The van der Waals surface area contributed by atoms with E-state index < -0.39 is 6.09 Å². The predicted molar refractivity (Wildman–Crippen MR) is 76.9 cm³/mol. The molecule has 20 heavy (non-hydrogen) atoms. The van der Waals surface area contributed by atoms with Crippen LogP contribution in [0, 0.1) is 11.3 Å². The Kier molecular flexibility index (Phi) is 4.69. The molecule has 0 unspecified atom stereocenters. The number of benzene rings is 1. The summed E-state index contributed by atoms with van der Waals surface area (Å²) in [6.45, 7) is 0.158. The van der Waals surface area contributed by atoms with Crippen LogP contribution < -0.4 is 5.32 Å². The molecule has 0 saturated heterocycles. The largest absolute Gasteiger partial charge is 0.444 e. The van der Waals surface area contributed by atoms with Crippen LogP contribution in [0.5, 0.6) is 0 Å². The van der Waals surface area contributed by atoms with Crippen LogP contribution in [0.15, 0.2) is 47.1 Å². The second-order valence-corrected chi connectivity index (χ2v) is 4.76. The van der Waals surface area contributed by atoms with Crippen molar-refractivity contribution in [2.45, 2.75) is 6.61 Å². The maximum atomic E-state index is 11.6. The van der Waals surface area contributed by atoms with E-state index in [1.54, 1.807) is 6.07 Å². The number of amides is 1. The van der Waals surface area contributed by atoms with E-state index in [4.69, 9.17) is 10.00 Å². The van der Waals surface area contributed by atoms with E-state index >= 15 is 0 Å². The van der Waals surface area contributed by atoms with Crippen molar-refractivity contribution in [3.8, 4) is 6.07 Å². The Labute approximate surface area is 124 Å². The first-order valence-electron chi connectivity index (χ1n) is 5.72. The Bertz CT molecular complexity index is 653. The van der Waals surface area contributed by atoms with E-state index in [9.17, 15) is 4.79 Å². The maximum absolute atomic E-state index is 11.6. The topological polar surface area (TPSA) is 75.0 Å². The van der Waals surface area contributed by atoms with Crippen LogP contribution in [-0.2, 0) is 11.3 Å². The number of ether oxygens (including phenoxy) is 1. The minimum absolute atomic E-state index is 0.158. The molecule has 0 radical (unpaired) electrons. The molecule has 5 nitrogen and oxygen atoms in total. The Morgan fingerprint density at radius 2 is 2.15 bits per heavy atom. The first-order chi connectivity index (χ1) is 9.69. The molecule has 0 aliphatic carbocycles. The number of carbonyl (C=O) groups is 1. The summed E-state index contributed by atoms with van der Waals surface area (Å²) in [5.41, 5.74) is 1.14. The molecule has 1 amide bonds. The fourth-order valence-electron chi connectivity index (χ4n) is 1.48. The molecule has 0 atom stereocenters. The normalized spacial score (nSPS) is 9.60. The van der Waals surface area contributed by atoms with E-state index in [-0.39, 0.29) is 18.0 Å². The van der Waals surface area contributed by atoms with Crippen LogP contribution >= 0.6 is 15.9 Å². The van der Waals surface area contributed by atoms with Crippen LogP contribution in [0.25, 0.3) is 0 Å². The van der Waals surface area contributed by atoms with Gasteiger partial charge in [0.05, 0.1) is 5.56 Å². The highest BCUT2D eigenvalue weighted by molar-refractivity contribution is 9.10. The minimum atomic E-state index is -0.653. The highest BCUT2D eigenvalue weighted by Gasteiger charge is 2.09. The quantitative estimate of drug-likeness (QED) is 0.934. The smallest absolute Gasteiger partial charge is 0.413 e. The molecule has 0 bridgehead atoms. The van der Waals surface area contributed by atoms with Crippen LogP contribution in [0.2, 0.25) is 0 Å². The van der Waals surface area contributed by atoms with Gasteiger partial charge in [-0.15, -0.1) is 0 Å². The van der Waals surface area contributed by atoms with E-state index in [1.165, 1.54) is 6.20 Å². The molecule has 0 aliphatic rings. The fourth-order valence-corrected chi connectivity index (χ4v) is 1.81. The van der Waals surface area contributed by atoms with Gasteiger partial charge in [0.1, 0.15) is 12.7 Å². The van der Waals surface area contributed by atoms with E-state index in [2.05, 4.69) is 26.2 Å². The van der Waals surface area contributed by atoms with Crippen molar-refractivity contribution in [3.05, 3.63) is 58.2 Å². The van der Waals surface area contributed by atoms with Gasteiger partial charge < -0.3 is 4.74 Å². The van der Waals surface area contributed by atoms with Gasteiger partial charge in [0, 0.05) is 10.7 Å². The van der Waals surface area contributed by atoms with Crippen molar-refractivity contribution in [1.29, 1.82) is 5.26 Å². The Morgan fingerprint density at radius 1 is 1.40 bits per heavy atom. The number of hydrogen-bond donors (Lipinski definition) is 1. The average molecular weight is 332 g/mol. The summed E-state index contributed by atoms with van der Waals surface area (Å²) in [7, 11) is 0. The van der Waals surface area contributed by atoms with Crippen molar-refractivity contribution >= 4 is 27.8 Å². The zero-order valence-corrected chi connectivity index (χ0v) is 11.9. The summed E-state index contributed by atoms with van der Waals surface area (Å²) in [5, 5.41) is 11.4. The first-order valence-corrected chi connectivity index (χ1v) is 6.51. The first kappa shape index (κ1) is 14.0. The molecule has 1 heterocycles. The molecule has 0 saturated carbocycles. The SMILES string of the molecule is N#Cc1cc(Br)cnc1NC(=O)OCc1ccccc1. The Morgan fingerprint density at radius 3 is 2.85 bits per heavy atom. The van der Waals surface area contributed by atoms with Crippen LogP contribution in [0.4, 0.5) is 10.6 Å². The molecule has 100 valence electrons. The number of halogens is 1. The number of nitriles is 1. The lowest BCUT2D eigenvalue weighted by atomic mass is 10.2. The van der Waals surface area contributed by atoms with Crippen molar-refractivity contribution < 1.29 is 9.53 Å². The molecule has 6 heteroatoms. The fraction of sp³-hybridized carbons (Fsp3) is 0.0714. The number of hydrogen-bond acceptors (Lipinski definition) is 4. The van der Waals surface area contributed by atoms with Gasteiger partial charge >= 0.3 is 6.09 Å². The second kappa shape index (κ2) is 6.68. The maximum Gasteiger partial charge on any atom is 0.413 e. The molecule has 1 N–H and O–H groups in total. The lowest BCUT2D eigenvalue weighted by molar-refractivity contribution is 0.155. The monoisotopic (exact) mass is 331 g/mol. The summed E-state index contributed by atoms with van der Waals surface area (Å²) in [4.78, 5) is 15.6. The van der Waals surface area contributed by atoms with E-state index in [0.29, 0.717) is 4.47 Å². The van der Waals surface area contributed by atoms with Gasteiger partial charge in [0.15, 0.2) is 5.82 Å². The van der Waals surface area contributed by atoms with Gasteiger partial charge in [-0.2, -0.15) is 5.26 Å². The molecule has 1 aromatic carbocycles. The lowest BCUT2D eigenvalue weighted by Crippen LogP contribution is -2.15. The van der Waals surface area contributed by atoms with Gasteiger partial charge in [-0.3, -0.25) is 5.32 Å². The van der Waals surface area contributed by atoms with Gasteiger partial charge in [0.25, 0.3) is 0 Å². The summed E-state index contributed by atoms with van der Waals surface area (Å²) in [6, 6.07) is 12.8. The standard InChI is InChI=1S/C14H10BrN3O2/c15-12-6-11(7-16)13(17-8-12)18-14(19)20-9-10-4-2-1-3-5-10/h1-6,8H,9H2,(H,17,18,19). The van der Waals surface area contributed by atoms with Crippen molar-refractivity contribution in [2.75, 3.05) is 5.32 Å². The molecule has 0 aliphatic heterocycles. The highest BCUT2D eigenvalue weighted by atomic mass is 79.9. The lowest BCUT2D eigenvalue weighted by Gasteiger charge is -2.07. The second-order valence-electron chi connectivity index (χ2n) is 3.85. The number of aromatic nitrogens is 1. The summed E-state index contributed by atoms with van der Waals surface area (Å²) >= 11 is 3.21. The van der Waals surface area contributed by atoms with E-state index in [1.807, 2.05) is 36.4 Å².